The van der Waals surface area contributed by atoms with E-state index >= 15 is 0 Å². The number of nitrogens with zero attached hydrogens (tertiary/aromatic N) is 3. The van der Waals surface area contributed by atoms with Gasteiger partial charge in [-0.1, -0.05) is 24.8 Å². The van der Waals surface area contributed by atoms with Crippen molar-refractivity contribution in [2.24, 2.45) is 0 Å². The van der Waals surface area contributed by atoms with Crippen LogP contribution in [0.3, 0.4) is 0 Å². The molecule has 2 fully saturated rings. The zero-order valence-corrected chi connectivity index (χ0v) is 16.5. The average Bonchev–Trinajstić information content (AvgIpc) is 2.69. The summed E-state index contributed by atoms with van der Waals surface area (Å²) in [4.78, 5) is 7.33. The van der Waals surface area contributed by atoms with Crippen LogP contribution in [-0.2, 0) is 5.41 Å². The van der Waals surface area contributed by atoms with Crippen molar-refractivity contribution >= 4 is 5.69 Å². The molecule has 1 spiro atoms. The van der Waals surface area contributed by atoms with Gasteiger partial charge in [-0.3, -0.25) is 0 Å². The fraction of sp³-hybridized carbons (Fsp3) is 0.636. The Labute approximate surface area is 158 Å². The molecule has 0 bridgehead atoms. The minimum Gasteiger partial charge on any atom is -0.365 e. The number of benzene rings is 1. The van der Waals surface area contributed by atoms with E-state index in [-0.39, 0.29) is 0 Å². The molecule has 1 aromatic rings. The van der Waals surface area contributed by atoms with Gasteiger partial charge in [-0.2, -0.15) is 0 Å². The maximum Gasteiger partial charge on any atom is 0.100 e. The number of anilines is 1. The lowest BCUT2D eigenvalue weighted by Crippen LogP contribution is -2.52. The summed E-state index contributed by atoms with van der Waals surface area (Å²) < 4.78 is 0. The van der Waals surface area contributed by atoms with E-state index in [1.54, 1.807) is 5.56 Å². The van der Waals surface area contributed by atoms with E-state index in [0.717, 1.165) is 18.4 Å². The van der Waals surface area contributed by atoms with Crippen LogP contribution >= 0.6 is 0 Å². The Morgan fingerprint density at radius 1 is 1.08 bits per heavy atom. The molecule has 3 heterocycles. The Balaban J connectivity index is 1.54. The van der Waals surface area contributed by atoms with Gasteiger partial charge < -0.3 is 20.0 Å². The molecule has 26 heavy (non-hydrogen) atoms. The van der Waals surface area contributed by atoms with Crippen LogP contribution in [0.15, 0.2) is 36.7 Å². The molecule has 0 aliphatic carbocycles. The third-order valence-corrected chi connectivity index (χ3v) is 6.99. The van der Waals surface area contributed by atoms with Crippen LogP contribution in [0.5, 0.6) is 0 Å². The van der Waals surface area contributed by atoms with E-state index < -0.39 is 0 Å². The van der Waals surface area contributed by atoms with E-state index in [9.17, 15) is 0 Å². The second kappa shape index (κ2) is 7.24. The predicted molar refractivity (Wildman–Crippen MR) is 110 cm³/mol. The van der Waals surface area contributed by atoms with Gasteiger partial charge in [-0.15, -0.1) is 0 Å². The van der Waals surface area contributed by atoms with Crippen molar-refractivity contribution < 1.29 is 0 Å². The second-order valence-corrected chi connectivity index (χ2v) is 8.53. The SMILES string of the molecule is C=C(N(C)C)N1CCC2(CCN(C3CCNCC3)CC2)c2ccccc21. The first-order valence-electron chi connectivity index (χ1n) is 10.3. The van der Waals surface area contributed by atoms with Gasteiger partial charge in [0.05, 0.1) is 0 Å². The van der Waals surface area contributed by atoms with Gasteiger partial charge in [0, 0.05) is 37.8 Å². The first-order chi connectivity index (χ1) is 12.6. The molecule has 1 aromatic carbocycles. The summed E-state index contributed by atoms with van der Waals surface area (Å²) in [7, 11) is 4.18. The van der Waals surface area contributed by atoms with Crippen LogP contribution < -0.4 is 10.2 Å². The van der Waals surface area contributed by atoms with Crippen LogP contribution in [0.1, 0.15) is 37.7 Å². The Kier molecular flexibility index (Phi) is 4.98. The Bertz CT molecular complexity index is 639. The molecule has 4 nitrogen and oxygen atoms in total. The number of likely N-dealkylation sites (tertiary alicyclic amines) is 1. The standard InChI is InChI=1S/C22H34N4/c1-18(24(2)3)26-17-12-22(20-6-4-5-7-21(20)26)10-15-25(16-11-22)19-8-13-23-14-9-19/h4-7,19,23H,1,8-17H2,2-3H3. The molecule has 3 aliphatic heterocycles. The van der Waals surface area contributed by atoms with Gasteiger partial charge in [-0.05, 0) is 69.9 Å². The number of rotatable bonds is 3. The third kappa shape index (κ3) is 3.14. The number of piperidine rings is 2. The summed E-state index contributed by atoms with van der Waals surface area (Å²) in [5.41, 5.74) is 3.30. The Hall–Kier alpha value is -1.52. The molecule has 0 amide bonds. The summed E-state index contributed by atoms with van der Waals surface area (Å²) in [6, 6.07) is 9.88. The molecule has 1 N–H and O–H groups in total. The summed E-state index contributed by atoms with van der Waals surface area (Å²) >= 11 is 0. The second-order valence-electron chi connectivity index (χ2n) is 8.53. The molecular formula is C22H34N4. The van der Waals surface area contributed by atoms with E-state index in [1.807, 2.05) is 0 Å². The number of para-hydroxylation sites is 1. The van der Waals surface area contributed by atoms with Crippen LogP contribution in [0.2, 0.25) is 0 Å². The quantitative estimate of drug-likeness (QED) is 0.901. The maximum atomic E-state index is 4.32. The molecule has 0 radical (unpaired) electrons. The monoisotopic (exact) mass is 354 g/mol. The fourth-order valence-electron chi connectivity index (χ4n) is 5.26. The van der Waals surface area contributed by atoms with Crippen molar-refractivity contribution in [2.75, 3.05) is 51.7 Å². The first-order valence-corrected chi connectivity index (χ1v) is 10.3. The number of hydrogen-bond acceptors (Lipinski definition) is 4. The molecule has 2 saturated heterocycles. The Morgan fingerprint density at radius 2 is 1.73 bits per heavy atom. The highest BCUT2D eigenvalue weighted by molar-refractivity contribution is 5.62. The number of fused-ring (bicyclic) bond motifs is 2. The van der Waals surface area contributed by atoms with Crippen molar-refractivity contribution in [2.45, 2.75) is 43.6 Å². The highest BCUT2D eigenvalue weighted by Crippen LogP contribution is 2.47. The van der Waals surface area contributed by atoms with Crippen LogP contribution in [0.4, 0.5) is 5.69 Å². The summed E-state index contributed by atoms with van der Waals surface area (Å²) in [5.74, 6) is 1.10. The molecule has 0 unspecified atom stereocenters. The Morgan fingerprint density at radius 3 is 2.42 bits per heavy atom. The lowest BCUT2D eigenvalue weighted by Gasteiger charge is -2.50. The third-order valence-electron chi connectivity index (χ3n) is 6.99. The summed E-state index contributed by atoms with van der Waals surface area (Å²) in [5, 5.41) is 3.50. The van der Waals surface area contributed by atoms with Crippen LogP contribution in [0.25, 0.3) is 0 Å². The van der Waals surface area contributed by atoms with Gasteiger partial charge in [0.15, 0.2) is 0 Å². The van der Waals surface area contributed by atoms with E-state index in [4.69, 9.17) is 0 Å². The van der Waals surface area contributed by atoms with Crippen LogP contribution in [-0.4, -0.2) is 62.7 Å². The fourth-order valence-corrected chi connectivity index (χ4v) is 5.26. The molecule has 4 rings (SSSR count). The van der Waals surface area contributed by atoms with Crippen LogP contribution in [0, 0.1) is 0 Å². The smallest absolute Gasteiger partial charge is 0.100 e. The normalized spacial score (nSPS) is 23.7. The zero-order valence-electron chi connectivity index (χ0n) is 16.5. The number of nitrogens with one attached hydrogen (secondary N) is 1. The van der Waals surface area contributed by atoms with Crippen molar-refractivity contribution in [1.29, 1.82) is 0 Å². The van der Waals surface area contributed by atoms with Crippen molar-refractivity contribution in [3.63, 3.8) is 0 Å². The minimum absolute atomic E-state index is 0.364. The molecular weight excluding hydrogens is 320 g/mol. The zero-order chi connectivity index (χ0) is 18.1. The van der Waals surface area contributed by atoms with E-state index in [1.165, 1.54) is 64.0 Å². The number of hydrogen-bond donors (Lipinski definition) is 1. The van der Waals surface area contributed by atoms with Gasteiger partial charge in [0.2, 0.25) is 0 Å². The van der Waals surface area contributed by atoms with Gasteiger partial charge in [0.1, 0.15) is 5.82 Å². The topological polar surface area (TPSA) is 21.8 Å². The average molecular weight is 355 g/mol. The molecule has 0 saturated carbocycles. The maximum absolute atomic E-state index is 4.32. The molecule has 4 heteroatoms. The molecule has 3 aliphatic rings. The summed E-state index contributed by atoms with van der Waals surface area (Å²) in [6.07, 6.45) is 6.49. The lowest BCUT2D eigenvalue weighted by molar-refractivity contribution is 0.0915. The highest BCUT2D eigenvalue weighted by atomic mass is 15.3. The molecule has 0 atom stereocenters. The summed E-state index contributed by atoms with van der Waals surface area (Å²) in [6.45, 7) is 10.3. The predicted octanol–water partition coefficient (Wildman–Crippen LogP) is 3.02. The van der Waals surface area contributed by atoms with Crippen molar-refractivity contribution in [3.05, 3.63) is 42.2 Å². The van der Waals surface area contributed by atoms with Gasteiger partial charge in [0.25, 0.3) is 0 Å². The van der Waals surface area contributed by atoms with E-state index in [0.29, 0.717) is 5.41 Å². The van der Waals surface area contributed by atoms with Gasteiger partial charge in [-0.25, -0.2) is 0 Å². The first kappa shape index (κ1) is 17.9. The van der Waals surface area contributed by atoms with Crippen molar-refractivity contribution in [3.8, 4) is 0 Å². The lowest BCUT2D eigenvalue weighted by atomic mass is 9.67. The van der Waals surface area contributed by atoms with Crippen molar-refractivity contribution in [1.82, 2.24) is 15.1 Å². The minimum atomic E-state index is 0.364. The highest BCUT2D eigenvalue weighted by Gasteiger charge is 2.42. The molecule has 142 valence electrons. The molecule has 0 aromatic heterocycles. The van der Waals surface area contributed by atoms with Gasteiger partial charge >= 0.3 is 0 Å². The largest absolute Gasteiger partial charge is 0.365 e. The van der Waals surface area contributed by atoms with E-state index in [2.05, 4.69) is 65.0 Å².